The quantitative estimate of drug-likeness (QED) is 0.267. The van der Waals surface area contributed by atoms with Crippen LogP contribution in [0.25, 0.3) is 5.52 Å². The molecule has 2 aromatic rings. The zero-order valence-corrected chi connectivity index (χ0v) is 11.6. The first-order chi connectivity index (χ1) is 10.2. The number of aromatic nitrogens is 2. The Labute approximate surface area is 121 Å². The van der Waals surface area contributed by atoms with Crippen molar-refractivity contribution in [2.75, 3.05) is 13.7 Å². The summed E-state index contributed by atoms with van der Waals surface area (Å²) in [6.07, 6.45) is 7.75. The standard InChI is InChI=1S/C15H15N2O4/c1-20-14(18)6-2-3-10-21-15(19)12-16-8-9-17-7-4-5-13(17)11-16/h4-5,7-9,11H,3,10,12H2,1H3/q+1. The summed E-state index contributed by atoms with van der Waals surface area (Å²) in [4.78, 5) is 22.4. The smallest absolute Gasteiger partial charge is 0.384 e. The van der Waals surface area contributed by atoms with Gasteiger partial charge in [0, 0.05) is 18.5 Å². The van der Waals surface area contributed by atoms with Gasteiger partial charge in [-0.1, -0.05) is 5.92 Å². The topological polar surface area (TPSA) is 60.9 Å². The van der Waals surface area contributed by atoms with Crippen molar-refractivity contribution in [1.82, 2.24) is 4.40 Å². The van der Waals surface area contributed by atoms with Crippen LogP contribution in [-0.2, 0) is 25.6 Å². The van der Waals surface area contributed by atoms with Crippen molar-refractivity contribution in [1.29, 1.82) is 0 Å². The van der Waals surface area contributed by atoms with Gasteiger partial charge in [-0.25, -0.2) is 9.59 Å². The molecule has 0 aromatic carbocycles. The Morgan fingerprint density at radius 3 is 3.05 bits per heavy atom. The number of hydrogen-bond acceptors (Lipinski definition) is 4. The van der Waals surface area contributed by atoms with E-state index in [1.807, 2.05) is 35.1 Å². The predicted molar refractivity (Wildman–Crippen MR) is 73.0 cm³/mol. The number of esters is 2. The van der Waals surface area contributed by atoms with Crippen molar-refractivity contribution in [3.63, 3.8) is 0 Å². The van der Waals surface area contributed by atoms with Crippen molar-refractivity contribution in [3.05, 3.63) is 36.9 Å². The van der Waals surface area contributed by atoms with Crippen molar-refractivity contribution in [3.8, 4) is 11.8 Å². The highest BCUT2D eigenvalue weighted by atomic mass is 16.5. The Hall–Kier alpha value is -2.81. The number of nitrogens with zero attached hydrogens (tertiary/aromatic N) is 2. The van der Waals surface area contributed by atoms with Gasteiger partial charge in [-0.2, -0.15) is 4.57 Å². The zero-order valence-electron chi connectivity index (χ0n) is 11.6. The largest absolute Gasteiger partial charge is 0.460 e. The highest BCUT2D eigenvalue weighted by Gasteiger charge is 2.11. The molecule has 2 aromatic heterocycles. The minimum Gasteiger partial charge on any atom is -0.460 e. The van der Waals surface area contributed by atoms with E-state index in [1.165, 1.54) is 7.11 Å². The Bertz CT molecular complexity index is 709. The van der Waals surface area contributed by atoms with Gasteiger partial charge in [0.1, 0.15) is 12.1 Å². The summed E-state index contributed by atoms with van der Waals surface area (Å²) in [7, 11) is 1.26. The number of hydrogen-bond donors (Lipinski definition) is 0. The first-order valence-electron chi connectivity index (χ1n) is 6.37. The minimum atomic E-state index is -0.600. The van der Waals surface area contributed by atoms with E-state index in [0.717, 1.165) is 5.52 Å². The lowest BCUT2D eigenvalue weighted by Gasteiger charge is -2.00. The molecule has 21 heavy (non-hydrogen) atoms. The van der Waals surface area contributed by atoms with Crippen LogP contribution in [-0.4, -0.2) is 30.1 Å². The van der Waals surface area contributed by atoms with Gasteiger partial charge in [0.15, 0.2) is 12.4 Å². The van der Waals surface area contributed by atoms with E-state index >= 15 is 0 Å². The Morgan fingerprint density at radius 1 is 1.38 bits per heavy atom. The number of ether oxygens (including phenoxy) is 2. The highest BCUT2D eigenvalue weighted by Crippen LogP contribution is 1.99. The predicted octanol–water partition coefficient (Wildman–Crippen LogP) is 0.337. The van der Waals surface area contributed by atoms with Crippen molar-refractivity contribution in [2.24, 2.45) is 0 Å². The van der Waals surface area contributed by atoms with Gasteiger partial charge in [0.25, 0.3) is 0 Å². The van der Waals surface area contributed by atoms with E-state index in [0.29, 0.717) is 6.42 Å². The molecular weight excluding hydrogens is 272 g/mol. The fourth-order valence-electron chi connectivity index (χ4n) is 1.72. The van der Waals surface area contributed by atoms with Crippen LogP contribution in [0.15, 0.2) is 36.9 Å². The van der Waals surface area contributed by atoms with Crippen LogP contribution < -0.4 is 4.57 Å². The SMILES string of the molecule is COC(=O)C#CCCOC(=O)C[n+]1ccn2cccc2c1. The molecule has 0 aliphatic rings. The maximum Gasteiger partial charge on any atom is 0.384 e. The molecule has 0 N–H and O–H groups in total. The van der Waals surface area contributed by atoms with E-state index < -0.39 is 5.97 Å². The number of rotatable bonds is 4. The zero-order chi connectivity index (χ0) is 15.1. The van der Waals surface area contributed by atoms with Gasteiger partial charge in [0.05, 0.1) is 13.3 Å². The van der Waals surface area contributed by atoms with Crippen LogP contribution in [0.1, 0.15) is 6.42 Å². The van der Waals surface area contributed by atoms with E-state index in [4.69, 9.17) is 4.74 Å². The minimum absolute atomic E-state index is 0.131. The third-order valence-corrected chi connectivity index (χ3v) is 2.71. The number of fused-ring (bicyclic) bond motifs is 1. The van der Waals surface area contributed by atoms with Crippen LogP contribution in [0.2, 0.25) is 0 Å². The lowest BCUT2D eigenvalue weighted by Crippen LogP contribution is -2.38. The molecule has 6 heteroatoms. The molecule has 0 radical (unpaired) electrons. The summed E-state index contributed by atoms with van der Waals surface area (Å²) in [5.41, 5.74) is 0.995. The van der Waals surface area contributed by atoms with E-state index in [-0.39, 0.29) is 19.1 Å². The van der Waals surface area contributed by atoms with Gasteiger partial charge in [-0.3, -0.25) is 0 Å². The van der Waals surface area contributed by atoms with Gasteiger partial charge in [0.2, 0.25) is 6.54 Å². The summed E-state index contributed by atoms with van der Waals surface area (Å²) in [5, 5.41) is 0. The maximum absolute atomic E-state index is 11.7. The summed E-state index contributed by atoms with van der Waals surface area (Å²) < 4.78 is 13.1. The molecular formula is C15H15N2O4+. The fraction of sp³-hybridized carbons (Fsp3) is 0.267. The average molecular weight is 287 g/mol. The Balaban J connectivity index is 1.78. The van der Waals surface area contributed by atoms with E-state index in [9.17, 15) is 9.59 Å². The van der Waals surface area contributed by atoms with Gasteiger partial charge < -0.3 is 13.9 Å². The summed E-state index contributed by atoms with van der Waals surface area (Å²) in [6, 6.07) is 3.88. The lowest BCUT2D eigenvalue weighted by atomic mass is 10.4. The third-order valence-electron chi connectivity index (χ3n) is 2.71. The second kappa shape index (κ2) is 7.10. The summed E-state index contributed by atoms with van der Waals surface area (Å²) >= 11 is 0. The van der Waals surface area contributed by atoms with E-state index in [2.05, 4.69) is 16.6 Å². The first-order valence-corrected chi connectivity index (χ1v) is 6.37. The van der Waals surface area contributed by atoms with Crippen molar-refractivity contribution < 1.29 is 23.6 Å². The first kappa shape index (κ1) is 14.6. The summed E-state index contributed by atoms with van der Waals surface area (Å²) in [6.45, 7) is 0.281. The number of carbonyl (C=O) groups is 2. The second-order valence-electron chi connectivity index (χ2n) is 4.20. The fourth-order valence-corrected chi connectivity index (χ4v) is 1.72. The van der Waals surface area contributed by atoms with Crippen LogP contribution >= 0.6 is 0 Å². The van der Waals surface area contributed by atoms with Crippen LogP contribution in [0.5, 0.6) is 0 Å². The molecule has 0 aliphatic carbocycles. The molecule has 0 spiro atoms. The maximum atomic E-state index is 11.7. The van der Waals surface area contributed by atoms with Crippen LogP contribution in [0.3, 0.4) is 0 Å². The Morgan fingerprint density at radius 2 is 2.24 bits per heavy atom. The third kappa shape index (κ3) is 4.35. The van der Waals surface area contributed by atoms with Crippen molar-refractivity contribution >= 4 is 17.5 Å². The molecule has 0 bridgehead atoms. The molecule has 6 nitrogen and oxygen atoms in total. The molecule has 2 heterocycles. The molecule has 0 saturated carbocycles. The van der Waals surface area contributed by atoms with E-state index in [1.54, 1.807) is 10.8 Å². The lowest BCUT2D eigenvalue weighted by molar-refractivity contribution is -0.685. The Kier molecular flexibility index (Phi) is 4.94. The molecule has 108 valence electrons. The molecule has 0 unspecified atom stereocenters. The van der Waals surface area contributed by atoms with Crippen LogP contribution in [0, 0.1) is 11.8 Å². The molecule has 0 fully saturated rings. The van der Waals surface area contributed by atoms with Gasteiger partial charge in [-0.05, 0) is 12.1 Å². The molecule has 0 amide bonds. The van der Waals surface area contributed by atoms with Crippen LogP contribution in [0.4, 0.5) is 0 Å². The average Bonchev–Trinajstić information content (AvgIpc) is 2.94. The molecule has 0 atom stereocenters. The van der Waals surface area contributed by atoms with Gasteiger partial charge in [-0.15, -0.1) is 0 Å². The number of methoxy groups -OCH3 is 1. The molecule has 2 rings (SSSR count). The molecule has 0 saturated heterocycles. The normalized spacial score (nSPS) is 9.76. The number of carbonyl (C=O) groups excluding carboxylic acids is 2. The summed E-state index contributed by atoms with van der Waals surface area (Å²) in [5.74, 6) is 3.88. The monoisotopic (exact) mass is 287 g/mol. The second-order valence-corrected chi connectivity index (χ2v) is 4.20. The molecule has 0 aliphatic heterocycles. The van der Waals surface area contributed by atoms with Crippen molar-refractivity contribution in [2.45, 2.75) is 13.0 Å². The van der Waals surface area contributed by atoms with Gasteiger partial charge >= 0.3 is 11.9 Å². The highest BCUT2D eigenvalue weighted by molar-refractivity contribution is 5.88.